The highest BCUT2D eigenvalue weighted by molar-refractivity contribution is 6.32. The van der Waals surface area contributed by atoms with Crippen LogP contribution in [0.3, 0.4) is 0 Å². The number of pyridine rings is 1. The van der Waals surface area contributed by atoms with Crippen LogP contribution in [-0.2, 0) is 4.79 Å². The zero-order valence-corrected chi connectivity index (χ0v) is 23.1. The molecule has 1 fully saturated rings. The van der Waals surface area contributed by atoms with Gasteiger partial charge in [0.05, 0.1) is 5.57 Å². The van der Waals surface area contributed by atoms with Gasteiger partial charge in [-0.3, -0.25) is 19.4 Å². The van der Waals surface area contributed by atoms with Crippen LogP contribution in [0.1, 0.15) is 31.8 Å². The summed E-state index contributed by atoms with van der Waals surface area (Å²) in [5.41, 5.74) is 5.68. The first-order valence-corrected chi connectivity index (χ1v) is 13.8. The first kappa shape index (κ1) is 26.9. The topological polar surface area (TPSA) is 107 Å². The maximum absolute atomic E-state index is 13.3. The van der Waals surface area contributed by atoms with Crippen molar-refractivity contribution in [3.05, 3.63) is 120 Å². The minimum Gasteiger partial charge on any atom is -0.369 e. The molecular formula is C33H30N6O3. The van der Waals surface area contributed by atoms with Crippen LogP contribution in [0, 0.1) is 0 Å². The van der Waals surface area contributed by atoms with Crippen LogP contribution in [0.4, 0.5) is 22.7 Å². The van der Waals surface area contributed by atoms with Gasteiger partial charge in [0, 0.05) is 89.8 Å². The first-order chi connectivity index (χ1) is 20.4. The average molecular weight is 559 g/mol. The van der Waals surface area contributed by atoms with Gasteiger partial charge < -0.3 is 25.8 Å². The Hall–Kier alpha value is -5.28. The largest absolute Gasteiger partial charge is 0.369 e. The Labute approximate surface area is 243 Å². The molecule has 0 atom stereocenters. The SMILES string of the molecule is CN1CCN(c2ccc(NC=C3C(=O)Nc4cc(C(=O)c5cccc(NC(=O)c6ccncc6)c5)ccc43)cc2)CC1. The van der Waals surface area contributed by atoms with Crippen molar-refractivity contribution >= 4 is 45.9 Å². The van der Waals surface area contributed by atoms with Gasteiger partial charge in [0.25, 0.3) is 11.8 Å². The molecule has 9 heteroatoms. The van der Waals surface area contributed by atoms with Gasteiger partial charge in [-0.05, 0) is 61.6 Å². The molecule has 3 N–H and O–H groups in total. The number of nitrogens with one attached hydrogen (secondary N) is 3. The average Bonchev–Trinajstić information content (AvgIpc) is 3.34. The number of likely N-dealkylation sites (N-methyl/N-ethyl adjacent to an activating group) is 1. The molecule has 0 aliphatic carbocycles. The number of rotatable bonds is 7. The van der Waals surface area contributed by atoms with Gasteiger partial charge in [0.2, 0.25) is 0 Å². The predicted octanol–water partition coefficient (Wildman–Crippen LogP) is 4.72. The molecule has 9 nitrogen and oxygen atoms in total. The van der Waals surface area contributed by atoms with E-state index in [9.17, 15) is 14.4 Å². The third-order valence-electron chi connectivity index (χ3n) is 7.51. The number of piperazine rings is 1. The summed E-state index contributed by atoms with van der Waals surface area (Å²) >= 11 is 0. The van der Waals surface area contributed by atoms with E-state index in [-0.39, 0.29) is 17.6 Å². The van der Waals surface area contributed by atoms with Crippen molar-refractivity contribution in [2.24, 2.45) is 0 Å². The molecule has 42 heavy (non-hydrogen) atoms. The van der Waals surface area contributed by atoms with Crippen molar-refractivity contribution in [1.29, 1.82) is 0 Å². The molecule has 210 valence electrons. The van der Waals surface area contributed by atoms with E-state index in [0.29, 0.717) is 33.6 Å². The number of fused-ring (bicyclic) bond motifs is 1. The number of aromatic nitrogens is 1. The summed E-state index contributed by atoms with van der Waals surface area (Å²) in [4.78, 5) is 47.2. The second kappa shape index (κ2) is 11.7. The molecule has 3 heterocycles. The molecule has 6 rings (SSSR count). The molecule has 2 aliphatic rings. The highest BCUT2D eigenvalue weighted by atomic mass is 16.2. The summed E-state index contributed by atoms with van der Waals surface area (Å²) < 4.78 is 0. The molecule has 0 radical (unpaired) electrons. The zero-order chi connectivity index (χ0) is 29.1. The molecule has 0 bridgehead atoms. The summed E-state index contributed by atoms with van der Waals surface area (Å²) in [7, 11) is 2.14. The molecular weight excluding hydrogens is 528 g/mol. The smallest absolute Gasteiger partial charge is 0.257 e. The highest BCUT2D eigenvalue weighted by Gasteiger charge is 2.25. The number of ketones is 1. The van der Waals surface area contributed by atoms with Gasteiger partial charge >= 0.3 is 0 Å². The first-order valence-electron chi connectivity index (χ1n) is 13.8. The van der Waals surface area contributed by atoms with Gasteiger partial charge in [0.1, 0.15) is 0 Å². The van der Waals surface area contributed by atoms with Crippen molar-refractivity contribution in [3.8, 4) is 0 Å². The molecule has 1 saturated heterocycles. The van der Waals surface area contributed by atoms with Crippen molar-refractivity contribution < 1.29 is 14.4 Å². The lowest BCUT2D eigenvalue weighted by molar-refractivity contribution is -0.110. The number of nitrogens with zero attached hydrogens (tertiary/aromatic N) is 3. The minimum absolute atomic E-state index is 0.219. The lowest BCUT2D eigenvalue weighted by Crippen LogP contribution is -2.44. The maximum atomic E-state index is 13.3. The fourth-order valence-corrected chi connectivity index (χ4v) is 5.08. The number of carbonyl (C=O) groups is 3. The number of hydrogen-bond acceptors (Lipinski definition) is 7. The predicted molar refractivity (Wildman–Crippen MR) is 165 cm³/mol. The normalized spacial score (nSPS) is 15.7. The monoisotopic (exact) mass is 558 g/mol. The fourth-order valence-electron chi connectivity index (χ4n) is 5.08. The number of anilines is 4. The van der Waals surface area contributed by atoms with Crippen LogP contribution in [-0.4, -0.2) is 60.7 Å². The summed E-state index contributed by atoms with van der Waals surface area (Å²) in [6.07, 6.45) is 4.79. The van der Waals surface area contributed by atoms with E-state index >= 15 is 0 Å². The van der Waals surface area contributed by atoms with Gasteiger partial charge in [-0.15, -0.1) is 0 Å². The van der Waals surface area contributed by atoms with E-state index in [1.165, 1.54) is 5.69 Å². The Kier molecular flexibility index (Phi) is 7.49. The molecule has 2 aliphatic heterocycles. The number of hydrogen-bond donors (Lipinski definition) is 3. The quantitative estimate of drug-likeness (QED) is 0.223. The van der Waals surface area contributed by atoms with Gasteiger partial charge in [-0.2, -0.15) is 0 Å². The van der Waals surface area contributed by atoms with Crippen molar-refractivity contribution in [2.45, 2.75) is 0 Å². The van der Waals surface area contributed by atoms with Crippen molar-refractivity contribution in [3.63, 3.8) is 0 Å². The standard InChI is InChI=1S/C33H30N6O3/c1-38-15-17-39(18-16-38)27-8-6-25(7-9-27)35-21-29-28-10-5-24(20-30(28)37-33(29)42)31(40)23-3-2-4-26(19-23)36-32(41)22-11-13-34-14-12-22/h2-14,19-21,35H,15-18H2,1H3,(H,36,41)(H,37,42). The number of carbonyl (C=O) groups excluding carboxylic acids is 3. The summed E-state index contributed by atoms with van der Waals surface area (Å²) in [5.74, 6) is -0.749. The third kappa shape index (κ3) is 5.77. The van der Waals surface area contributed by atoms with Crippen molar-refractivity contribution in [2.75, 3.05) is 54.1 Å². The second-order valence-electron chi connectivity index (χ2n) is 10.4. The van der Waals surface area contributed by atoms with E-state index in [1.807, 2.05) is 12.1 Å². The minimum atomic E-state index is -0.291. The number of amides is 2. The van der Waals surface area contributed by atoms with Gasteiger partial charge in [0.15, 0.2) is 5.78 Å². The Balaban J connectivity index is 1.14. The summed E-state index contributed by atoms with van der Waals surface area (Å²) in [5, 5.41) is 8.92. The molecule has 0 unspecified atom stereocenters. The molecule has 4 aromatic rings. The molecule has 3 aromatic carbocycles. The Morgan fingerprint density at radius 3 is 2.33 bits per heavy atom. The van der Waals surface area contributed by atoms with Crippen LogP contribution >= 0.6 is 0 Å². The Morgan fingerprint density at radius 1 is 0.833 bits per heavy atom. The molecule has 1 aromatic heterocycles. The molecule has 0 saturated carbocycles. The van der Waals surface area contributed by atoms with Crippen LogP contribution < -0.4 is 20.9 Å². The van der Waals surface area contributed by atoms with Crippen LogP contribution in [0.5, 0.6) is 0 Å². The van der Waals surface area contributed by atoms with E-state index in [2.05, 4.69) is 49.9 Å². The molecule has 2 amide bonds. The van der Waals surface area contributed by atoms with Gasteiger partial charge in [-0.1, -0.05) is 24.3 Å². The van der Waals surface area contributed by atoms with E-state index < -0.39 is 0 Å². The Morgan fingerprint density at radius 2 is 1.57 bits per heavy atom. The van der Waals surface area contributed by atoms with Crippen molar-refractivity contribution in [1.82, 2.24) is 9.88 Å². The lowest BCUT2D eigenvalue weighted by Gasteiger charge is -2.34. The van der Waals surface area contributed by atoms with Crippen LogP contribution in [0.2, 0.25) is 0 Å². The van der Waals surface area contributed by atoms with Gasteiger partial charge in [-0.25, -0.2) is 0 Å². The van der Waals surface area contributed by atoms with E-state index in [0.717, 1.165) is 37.4 Å². The Bertz CT molecular complexity index is 1680. The highest BCUT2D eigenvalue weighted by Crippen LogP contribution is 2.33. The van der Waals surface area contributed by atoms with E-state index in [1.54, 1.807) is 73.2 Å². The lowest BCUT2D eigenvalue weighted by atomic mass is 9.99. The van der Waals surface area contributed by atoms with E-state index in [4.69, 9.17) is 0 Å². The summed E-state index contributed by atoms with van der Waals surface area (Å²) in [6.45, 7) is 4.10. The maximum Gasteiger partial charge on any atom is 0.257 e. The third-order valence-corrected chi connectivity index (χ3v) is 7.51. The zero-order valence-electron chi connectivity index (χ0n) is 23.1. The number of benzene rings is 3. The summed E-state index contributed by atoms with van der Waals surface area (Å²) in [6, 6.07) is 23.4. The van der Waals surface area contributed by atoms with Crippen LogP contribution in [0.25, 0.3) is 5.57 Å². The van der Waals surface area contributed by atoms with Crippen LogP contribution in [0.15, 0.2) is 97.5 Å². The molecule has 0 spiro atoms. The second-order valence-corrected chi connectivity index (χ2v) is 10.4. The fraction of sp³-hybridized carbons (Fsp3) is 0.152.